The summed E-state index contributed by atoms with van der Waals surface area (Å²) < 4.78 is 0.926. The van der Waals surface area contributed by atoms with Crippen molar-refractivity contribution in [2.75, 3.05) is 16.9 Å². The highest BCUT2D eigenvalue weighted by Gasteiger charge is 2.32. The van der Waals surface area contributed by atoms with Crippen LogP contribution in [0.1, 0.15) is 12.0 Å². The third-order valence-corrected chi connectivity index (χ3v) is 4.65. The summed E-state index contributed by atoms with van der Waals surface area (Å²) >= 11 is 9.00. The molecular weight excluding hydrogens is 374 g/mol. The number of carbonyl (C=O) groups excluding carboxylic acids is 1. The fraction of sp³-hybridized carbons (Fsp3) is 0.176. The van der Waals surface area contributed by atoms with Crippen molar-refractivity contribution in [2.24, 2.45) is 0 Å². The molecule has 1 N–H and O–H groups in total. The molecule has 0 aliphatic carbocycles. The minimum absolute atomic E-state index is 0.0464. The molecule has 1 amide bonds. The van der Waals surface area contributed by atoms with Crippen molar-refractivity contribution in [1.29, 1.82) is 0 Å². The Morgan fingerprint density at radius 1 is 1.17 bits per heavy atom. The number of hydrogen-bond donors (Lipinski definition) is 1. The Kier molecular flexibility index (Phi) is 4.63. The molecular formula is C17H16BrN3OS. The van der Waals surface area contributed by atoms with Gasteiger partial charge in [0.1, 0.15) is 0 Å². The minimum atomic E-state index is 0.0464. The summed E-state index contributed by atoms with van der Waals surface area (Å²) in [6.45, 7) is 2.59. The zero-order chi connectivity index (χ0) is 16.4. The van der Waals surface area contributed by atoms with Crippen LogP contribution in [0.25, 0.3) is 0 Å². The topological polar surface area (TPSA) is 35.6 Å². The molecule has 2 aromatic carbocycles. The number of para-hydroxylation sites is 1. The van der Waals surface area contributed by atoms with Crippen molar-refractivity contribution in [3.8, 4) is 0 Å². The highest BCUT2D eigenvalue weighted by atomic mass is 79.9. The SMILES string of the molecule is Cc1ccc(N2C(=O)CCN2C(=S)Nc2ccccc2Br)cc1. The molecule has 6 heteroatoms. The van der Waals surface area contributed by atoms with E-state index in [1.54, 1.807) is 5.01 Å². The van der Waals surface area contributed by atoms with Crippen LogP contribution < -0.4 is 10.3 Å². The Morgan fingerprint density at radius 3 is 2.57 bits per heavy atom. The van der Waals surface area contributed by atoms with Gasteiger partial charge in [-0.05, 0) is 59.3 Å². The van der Waals surface area contributed by atoms with Gasteiger partial charge in [0.15, 0.2) is 5.11 Å². The molecule has 0 spiro atoms. The summed E-state index contributed by atoms with van der Waals surface area (Å²) in [7, 11) is 0. The Labute approximate surface area is 149 Å². The number of halogens is 1. The highest BCUT2D eigenvalue weighted by molar-refractivity contribution is 9.10. The molecule has 0 radical (unpaired) electrons. The van der Waals surface area contributed by atoms with E-state index in [1.807, 2.05) is 60.5 Å². The molecule has 3 rings (SSSR count). The molecule has 0 aromatic heterocycles. The van der Waals surface area contributed by atoms with Crippen molar-refractivity contribution >= 4 is 50.5 Å². The van der Waals surface area contributed by atoms with Crippen LogP contribution >= 0.6 is 28.1 Å². The standard InChI is InChI=1S/C17H16BrN3OS/c1-12-6-8-13(9-7-12)21-16(22)10-11-20(21)17(23)19-15-5-3-2-4-14(15)18/h2-9H,10-11H2,1H3,(H,19,23). The number of hydrogen-bond acceptors (Lipinski definition) is 2. The number of nitrogens with one attached hydrogen (secondary N) is 1. The van der Waals surface area contributed by atoms with E-state index in [4.69, 9.17) is 12.2 Å². The molecule has 23 heavy (non-hydrogen) atoms. The number of benzene rings is 2. The van der Waals surface area contributed by atoms with E-state index < -0.39 is 0 Å². The van der Waals surface area contributed by atoms with E-state index in [-0.39, 0.29) is 5.91 Å². The number of aryl methyl sites for hydroxylation is 1. The lowest BCUT2D eigenvalue weighted by Crippen LogP contribution is -2.45. The number of thiocarbonyl (C=S) groups is 1. The van der Waals surface area contributed by atoms with Gasteiger partial charge in [-0.2, -0.15) is 0 Å². The van der Waals surface area contributed by atoms with Crippen LogP contribution in [-0.4, -0.2) is 22.6 Å². The fourth-order valence-electron chi connectivity index (χ4n) is 2.45. The van der Waals surface area contributed by atoms with Crippen molar-refractivity contribution < 1.29 is 4.79 Å². The van der Waals surface area contributed by atoms with Crippen LogP contribution in [0.2, 0.25) is 0 Å². The second-order valence-electron chi connectivity index (χ2n) is 5.32. The fourth-order valence-corrected chi connectivity index (χ4v) is 3.11. The van der Waals surface area contributed by atoms with Crippen LogP contribution in [0, 0.1) is 6.92 Å². The van der Waals surface area contributed by atoms with E-state index in [0.717, 1.165) is 21.4 Å². The first kappa shape index (κ1) is 16.0. The maximum Gasteiger partial charge on any atom is 0.247 e. The maximum atomic E-state index is 12.3. The van der Waals surface area contributed by atoms with Crippen LogP contribution in [0.5, 0.6) is 0 Å². The highest BCUT2D eigenvalue weighted by Crippen LogP contribution is 2.26. The third-order valence-electron chi connectivity index (χ3n) is 3.64. The first-order chi connectivity index (χ1) is 11.1. The van der Waals surface area contributed by atoms with E-state index in [1.165, 1.54) is 0 Å². The number of rotatable bonds is 2. The van der Waals surface area contributed by atoms with Gasteiger partial charge < -0.3 is 5.32 Å². The molecule has 0 saturated carbocycles. The molecule has 0 unspecified atom stereocenters. The second-order valence-corrected chi connectivity index (χ2v) is 6.57. The number of nitrogens with zero attached hydrogens (tertiary/aromatic N) is 2. The first-order valence-corrected chi connectivity index (χ1v) is 8.49. The molecule has 1 saturated heterocycles. The average molecular weight is 390 g/mol. The largest absolute Gasteiger partial charge is 0.330 e. The van der Waals surface area contributed by atoms with E-state index in [0.29, 0.717) is 18.1 Å². The Hall–Kier alpha value is -1.92. The van der Waals surface area contributed by atoms with Crippen LogP contribution in [0.15, 0.2) is 53.0 Å². The van der Waals surface area contributed by atoms with Gasteiger partial charge in [-0.1, -0.05) is 29.8 Å². The van der Waals surface area contributed by atoms with Gasteiger partial charge in [0.2, 0.25) is 5.91 Å². The van der Waals surface area contributed by atoms with Crippen molar-refractivity contribution in [1.82, 2.24) is 5.01 Å². The second kappa shape index (κ2) is 6.68. The van der Waals surface area contributed by atoms with E-state index >= 15 is 0 Å². The molecule has 1 aliphatic rings. The molecule has 1 heterocycles. The van der Waals surface area contributed by atoms with Gasteiger partial charge in [0, 0.05) is 10.9 Å². The summed E-state index contributed by atoms with van der Waals surface area (Å²) in [6.07, 6.45) is 0.450. The van der Waals surface area contributed by atoms with Crippen molar-refractivity contribution in [3.63, 3.8) is 0 Å². The Balaban J connectivity index is 1.83. The average Bonchev–Trinajstić information content (AvgIpc) is 2.92. The lowest BCUT2D eigenvalue weighted by atomic mass is 10.2. The van der Waals surface area contributed by atoms with Crippen molar-refractivity contribution in [2.45, 2.75) is 13.3 Å². The summed E-state index contributed by atoms with van der Waals surface area (Å²) in [4.78, 5) is 12.3. The van der Waals surface area contributed by atoms with Crippen molar-refractivity contribution in [3.05, 3.63) is 58.6 Å². The van der Waals surface area contributed by atoms with Gasteiger partial charge >= 0.3 is 0 Å². The normalized spacial score (nSPS) is 14.3. The zero-order valence-corrected chi connectivity index (χ0v) is 15.0. The number of amides is 1. The summed E-state index contributed by atoms with van der Waals surface area (Å²) in [5.74, 6) is 0.0464. The molecule has 4 nitrogen and oxygen atoms in total. The summed E-state index contributed by atoms with van der Waals surface area (Å²) in [5, 5.41) is 7.16. The number of anilines is 2. The third kappa shape index (κ3) is 3.38. The molecule has 118 valence electrons. The summed E-state index contributed by atoms with van der Waals surface area (Å²) in [5.41, 5.74) is 2.86. The molecule has 1 fully saturated rings. The molecule has 0 atom stereocenters. The molecule has 0 bridgehead atoms. The van der Waals surface area contributed by atoms with Gasteiger partial charge in [0.25, 0.3) is 0 Å². The monoisotopic (exact) mass is 389 g/mol. The molecule has 2 aromatic rings. The summed E-state index contributed by atoms with van der Waals surface area (Å²) in [6, 6.07) is 15.6. The number of hydrazine groups is 1. The van der Waals surface area contributed by atoms with Crippen LogP contribution in [0.4, 0.5) is 11.4 Å². The Bertz CT molecular complexity index is 748. The predicted octanol–water partition coefficient (Wildman–Crippen LogP) is 4.11. The predicted molar refractivity (Wildman–Crippen MR) is 100 cm³/mol. The lowest BCUT2D eigenvalue weighted by Gasteiger charge is -2.30. The number of carbonyl (C=O) groups is 1. The quantitative estimate of drug-likeness (QED) is 0.783. The maximum absolute atomic E-state index is 12.3. The first-order valence-electron chi connectivity index (χ1n) is 7.29. The van der Waals surface area contributed by atoms with Crippen LogP contribution in [0.3, 0.4) is 0 Å². The molecule has 1 aliphatic heterocycles. The van der Waals surface area contributed by atoms with Gasteiger partial charge in [-0.25, -0.2) is 5.01 Å². The van der Waals surface area contributed by atoms with Gasteiger partial charge in [-0.3, -0.25) is 9.80 Å². The Morgan fingerprint density at radius 2 is 1.87 bits per heavy atom. The lowest BCUT2D eigenvalue weighted by molar-refractivity contribution is -0.117. The minimum Gasteiger partial charge on any atom is -0.330 e. The smallest absolute Gasteiger partial charge is 0.247 e. The van der Waals surface area contributed by atoms with Crippen LogP contribution in [-0.2, 0) is 4.79 Å². The van der Waals surface area contributed by atoms with E-state index in [2.05, 4.69) is 21.2 Å². The van der Waals surface area contributed by atoms with E-state index in [9.17, 15) is 4.79 Å². The van der Waals surface area contributed by atoms with Gasteiger partial charge in [-0.15, -0.1) is 0 Å². The zero-order valence-electron chi connectivity index (χ0n) is 12.6. The van der Waals surface area contributed by atoms with Gasteiger partial charge in [0.05, 0.1) is 17.9 Å².